The smallest absolute Gasteiger partial charge is 0.239 e. The number of carbonyl (C=O) groups excluding carboxylic acids is 1. The fraction of sp³-hybridized carbons (Fsp3) is 0.385. The van der Waals surface area contributed by atoms with Gasteiger partial charge in [0.15, 0.2) is 0 Å². The van der Waals surface area contributed by atoms with Gasteiger partial charge in [0.1, 0.15) is 5.75 Å². The van der Waals surface area contributed by atoms with Gasteiger partial charge in [0.2, 0.25) is 5.91 Å². The molecule has 4 heteroatoms. The van der Waals surface area contributed by atoms with E-state index in [1.165, 1.54) is 0 Å². The zero-order valence-electron chi connectivity index (χ0n) is 10.1. The molecule has 0 spiro atoms. The van der Waals surface area contributed by atoms with Crippen LogP contribution >= 0.6 is 0 Å². The third-order valence-electron chi connectivity index (χ3n) is 2.68. The molecule has 0 radical (unpaired) electrons. The number of aryl methyl sites for hydroxylation is 1. The van der Waals surface area contributed by atoms with Gasteiger partial charge in [0.05, 0.1) is 12.3 Å². The van der Waals surface area contributed by atoms with E-state index < -0.39 is 0 Å². The molecule has 0 unspecified atom stereocenters. The van der Waals surface area contributed by atoms with Gasteiger partial charge in [-0.25, -0.2) is 5.43 Å². The summed E-state index contributed by atoms with van der Waals surface area (Å²) < 4.78 is 5.55. The van der Waals surface area contributed by atoms with E-state index in [9.17, 15) is 4.79 Å². The summed E-state index contributed by atoms with van der Waals surface area (Å²) in [6, 6.07) is 5.98. The van der Waals surface area contributed by atoms with E-state index in [4.69, 9.17) is 4.74 Å². The van der Waals surface area contributed by atoms with Crippen molar-refractivity contribution in [1.82, 2.24) is 5.43 Å². The molecule has 0 aliphatic carbocycles. The molecule has 0 aromatic heterocycles. The number of nitrogens with one attached hydrogen (secondary N) is 1. The molecule has 1 amide bonds. The number of hydrazone groups is 1. The van der Waals surface area contributed by atoms with Crippen LogP contribution in [0.4, 0.5) is 0 Å². The van der Waals surface area contributed by atoms with E-state index in [0.717, 1.165) is 29.0 Å². The molecule has 90 valence electrons. The minimum absolute atomic E-state index is 0.0711. The van der Waals surface area contributed by atoms with Crippen LogP contribution in [-0.2, 0) is 4.79 Å². The maximum atomic E-state index is 11.2. The summed E-state index contributed by atoms with van der Waals surface area (Å²) in [7, 11) is 0. The van der Waals surface area contributed by atoms with Gasteiger partial charge in [-0.05, 0) is 19.1 Å². The lowest BCUT2D eigenvalue weighted by Crippen LogP contribution is -2.22. The van der Waals surface area contributed by atoms with Crippen LogP contribution in [0.1, 0.15) is 30.9 Å². The second-order valence-electron chi connectivity index (χ2n) is 4.05. The Balaban J connectivity index is 2.27. The van der Waals surface area contributed by atoms with Gasteiger partial charge < -0.3 is 4.74 Å². The average molecular weight is 232 g/mol. The summed E-state index contributed by atoms with van der Waals surface area (Å²) in [5.41, 5.74) is 5.58. The normalized spacial score (nSPS) is 16.2. The van der Waals surface area contributed by atoms with Crippen molar-refractivity contribution in [2.45, 2.75) is 26.7 Å². The molecule has 0 saturated carbocycles. The molecule has 1 heterocycles. The predicted octanol–water partition coefficient (Wildman–Crippen LogP) is 2.01. The number of amides is 1. The van der Waals surface area contributed by atoms with Gasteiger partial charge in [-0.1, -0.05) is 18.6 Å². The average Bonchev–Trinajstić information content (AvgIpc) is 2.35. The summed E-state index contributed by atoms with van der Waals surface area (Å²) in [5.74, 6) is 0.768. The van der Waals surface area contributed by atoms with Crippen LogP contribution in [0.3, 0.4) is 0 Å². The van der Waals surface area contributed by atoms with Crippen LogP contribution in [0.15, 0.2) is 23.3 Å². The van der Waals surface area contributed by atoms with Crippen molar-refractivity contribution in [2.75, 3.05) is 6.61 Å². The fourth-order valence-corrected chi connectivity index (χ4v) is 1.71. The quantitative estimate of drug-likeness (QED) is 0.793. The van der Waals surface area contributed by atoms with Gasteiger partial charge in [-0.3, -0.25) is 4.79 Å². The Hall–Kier alpha value is -1.84. The first-order chi connectivity index (χ1) is 8.20. The summed E-state index contributed by atoms with van der Waals surface area (Å²) in [6.45, 7) is 4.44. The van der Waals surface area contributed by atoms with E-state index in [2.05, 4.69) is 10.5 Å². The van der Waals surface area contributed by atoms with Gasteiger partial charge in [-0.15, -0.1) is 0 Å². The number of fused-ring (bicyclic) bond motifs is 1. The molecule has 1 aliphatic rings. The number of hydrogen-bond acceptors (Lipinski definition) is 3. The number of hydrogen-bond donors (Lipinski definition) is 1. The molecule has 1 aromatic rings. The highest BCUT2D eigenvalue weighted by atomic mass is 16.5. The molecule has 4 nitrogen and oxygen atoms in total. The monoisotopic (exact) mass is 232 g/mol. The molecule has 0 bridgehead atoms. The second-order valence-corrected chi connectivity index (χ2v) is 4.05. The lowest BCUT2D eigenvalue weighted by atomic mass is 10.0. The molecular formula is C13H16N2O2. The van der Waals surface area contributed by atoms with E-state index >= 15 is 0 Å². The van der Waals surface area contributed by atoms with Gasteiger partial charge in [0.25, 0.3) is 0 Å². The predicted molar refractivity (Wildman–Crippen MR) is 66.3 cm³/mol. The van der Waals surface area contributed by atoms with Crippen LogP contribution in [0.2, 0.25) is 0 Å². The molecule has 0 saturated heterocycles. The molecule has 0 atom stereocenters. The maximum Gasteiger partial charge on any atom is 0.239 e. The zero-order chi connectivity index (χ0) is 12.3. The first-order valence-corrected chi connectivity index (χ1v) is 5.80. The van der Waals surface area contributed by atoms with Crippen molar-refractivity contribution in [3.8, 4) is 5.75 Å². The molecule has 0 fully saturated rings. The molecule has 1 aliphatic heterocycles. The van der Waals surface area contributed by atoms with Crippen LogP contribution in [0.5, 0.6) is 5.75 Å². The van der Waals surface area contributed by atoms with Crippen molar-refractivity contribution in [2.24, 2.45) is 5.10 Å². The van der Waals surface area contributed by atoms with E-state index in [1.807, 2.05) is 25.1 Å². The Kier molecular flexibility index (Phi) is 3.42. The number of carbonyl (C=O) groups is 1. The minimum Gasteiger partial charge on any atom is -0.492 e. The number of nitrogens with zero attached hydrogens (tertiary/aromatic N) is 1. The third kappa shape index (κ3) is 2.64. The summed E-state index contributed by atoms with van der Waals surface area (Å²) >= 11 is 0. The molecule has 1 aromatic carbocycles. The Bertz CT molecular complexity index is 466. The fourth-order valence-electron chi connectivity index (χ4n) is 1.71. The van der Waals surface area contributed by atoms with Gasteiger partial charge in [0, 0.05) is 18.4 Å². The SMILES string of the molecule is CCC(=O)N/N=C1/CCOc2ccc(C)cc21. The van der Waals surface area contributed by atoms with Crippen molar-refractivity contribution >= 4 is 11.6 Å². The molecule has 17 heavy (non-hydrogen) atoms. The van der Waals surface area contributed by atoms with Crippen LogP contribution in [-0.4, -0.2) is 18.2 Å². The highest BCUT2D eigenvalue weighted by Crippen LogP contribution is 2.25. The van der Waals surface area contributed by atoms with Crippen LogP contribution in [0.25, 0.3) is 0 Å². The Morgan fingerprint density at radius 3 is 3.12 bits per heavy atom. The summed E-state index contributed by atoms with van der Waals surface area (Å²) in [5, 5.41) is 4.17. The van der Waals surface area contributed by atoms with E-state index in [0.29, 0.717) is 13.0 Å². The van der Waals surface area contributed by atoms with Crippen molar-refractivity contribution in [3.05, 3.63) is 29.3 Å². The Morgan fingerprint density at radius 2 is 2.35 bits per heavy atom. The first kappa shape index (κ1) is 11.6. The zero-order valence-corrected chi connectivity index (χ0v) is 10.1. The third-order valence-corrected chi connectivity index (χ3v) is 2.68. The van der Waals surface area contributed by atoms with Gasteiger partial charge >= 0.3 is 0 Å². The molecule has 1 N–H and O–H groups in total. The minimum atomic E-state index is -0.0711. The lowest BCUT2D eigenvalue weighted by molar-refractivity contribution is -0.120. The van der Waals surface area contributed by atoms with Crippen molar-refractivity contribution in [1.29, 1.82) is 0 Å². The van der Waals surface area contributed by atoms with Crippen molar-refractivity contribution < 1.29 is 9.53 Å². The highest BCUT2D eigenvalue weighted by molar-refractivity contribution is 6.04. The maximum absolute atomic E-state index is 11.2. The number of benzene rings is 1. The Labute approximate surface area is 101 Å². The second kappa shape index (κ2) is 4.99. The number of rotatable bonds is 2. The largest absolute Gasteiger partial charge is 0.492 e. The highest BCUT2D eigenvalue weighted by Gasteiger charge is 2.16. The van der Waals surface area contributed by atoms with E-state index in [-0.39, 0.29) is 5.91 Å². The molecular weight excluding hydrogens is 216 g/mol. The number of ether oxygens (including phenoxy) is 1. The summed E-state index contributed by atoms with van der Waals surface area (Å²) in [6.07, 6.45) is 1.16. The Morgan fingerprint density at radius 1 is 1.53 bits per heavy atom. The standard InChI is InChI=1S/C13H16N2O2/c1-3-13(16)15-14-11-6-7-17-12-5-4-9(2)8-10(11)12/h4-5,8H,3,6-7H2,1-2H3,(H,15,16)/b14-11-. The van der Waals surface area contributed by atoms with Crippen LogP contribution in [0, 0.1) is 6.92 Å². The summed E-state index contributed by atoms with van der Waals surface area (Å²) in [4.78, 5) is 11.2. The van der Waals surface area contributed by atoms with Crippen LogP contribution < -0.4 is 10.2 Å². The van der Waals surface area contributed by atoms with E-state index in [1.54, 1.807) is 6.92 Å². The topological polar surface area (TPSA) is 50.7 Å². The van der Waals surface area contributed by atoms with Gasteiger partial charge in [-0.2, -0.15) is 5.10 Å². The van der Waals surface area contributed by atoms with Crippen molar-refractivity contribution in [3.63, 3.8) is 0 Å². The lowest BCUT2D eigenvalue weighted by Gasteiger charge is -2.19. The first-order valence-electron chi connectivity index (χ1n) is 5.80. The molecule has 2 rings (SSSR count).